The molecule has 0 radical (unpaired) electrons. The van der Waals surface area contributed by atoms with Crippen molar-refractivity contribution >= 4 is 29.1 Å². The average Bonchev–Trinajstić information content (AvgIpc) is 3.41. The van der Waals surface area contributed by atoms with Crippen LogP contribution in [0.2, 0.25) is 0 Å². The molecule has 7 heteroatoms. The van der Waals surface area contributed by atoms with E-state index in [0.717, 1.165) is 10.4 Å². The number of rotatable bonds is 6. The van der Waals surface area contributed by atoms with Gasteiger partial charge in [-0.3, -0.25) is 24.6 Å². The Hall–Kier alpha value is -2.51. The van der Waals surface area contributed by atoms with Gasteiger partial charge in [-0.25, -0.2) is 0 Å². The number of carbonyl (C=O) groups is 3. The van der Waals surface area contributed by atoms with Crippen molar-refractivity contribution in [3.63, 3.8) is 0 Å². The van der Waals surface area contributed by atoms with Crippen molar-refractivity contribution in [2.75, 3.05) is 13.2 Å². The molecule has 0 spiro atoms. The van der Waals surface area contributed by atoms with Gasteiger partial charge in [-0.1, -0.05) is 36.4 Å². The third kappa shape index (κ3) is 3.09. The van der Waals surface area contributed by atoms with Gasteiger partial charge in [-0.05, 0) is 30.9 Å². The van der Waals surface area contributed by atoms with Crippen molar-refractivity contribution in [3.8, 4) is 0 Å². The molecule has 2 aliphatic heterocycles. The Morgan fingerprint density at radius 3 is 2.52 bits per heavy atom. The smallest absolute Gasteiger partial charge is 0.327 e. The second-order valence-corrected chi connectivity index (χ2v) is 8.40. The number of fused-ring (bicyclic) bond motifs is 1. The summed E-state index contributed by atoms with van der Waals surface area (Å²) < 4.78 is 5.45. The van der Waals surface area contributed by atoms with Crippen molar-refractivity contribution in [2.45, 2.75) is 31.8 Å². The van der Waals surface area contributed by atoms with Crippen LogP contribution in [-0.2, 0) is 25.5 Å². The van der Waals surface area contributed by atoms with Crippen LogP contribution in [0.15, 0.2) is 47.8 Å². The second-order valence-electron chi connectivity index (χ2n) is 7.42. The standard InChI is InChI=1S/C22H24N2O4S/c1-3-24-19(25)16-17(20(24)26)22(21(27)28-4-2,13-14-9-6-5-7-10-14)23-18(16)15-11-8-12-29-15/h5-12,16-18,23H,3-4,13H2,1-2H3/t16-,17+,18-,22-/m1/s1. The number of hydrogen-bond donors (Lipinski definition) is 1. The summed E-state index contributed by atoms with van der Waals surface area (Å²) in [5, 5.41) is 5.35. The maximum Gasteiger partial charge on any atom is 0.327 e. The van der Waals surface area contributed by atoms with Gasteiger partial charge in [0.1, 0.15) is 5.54 Å². The lowest BCUT2D eigenvalue weighted by atomic mass is 9.76. The molecule has 0 saturated carbocycles. The Morgan fingerprint density at radius 2 is 1.90 bits per heavy atom. The molecule has 2 fully saturated rings. The lowest BCUT2D eigenvalue weighted by Crippen LogP contribution is -2.58. The highest BCUT2D eigenvalue weighted by Gasteiger charge is 2.68. The van der Waals surface area contributed by atoms with Gasteiger partial charge in [-0.15, -0.1) is 11.3 Å². The van der Waals surface area contributed by atoms with E-state index in [2.05, 4.69) is 5.32 Å². The Kier molecular flexibility index (Phi) is 5.27. The van der Waals surface area contributed by atoms with Crippen LogP contribution in [0.25, 0.3) is 0 Å². The zero-order valence-corrected chi connectivity index (χ0v) is 17.3. The van der Waals surface area contributed by atoms with E-state index >= 15 is 0 Å². The number of imide groups is 1. The maximum atomic E-state index is 13.3. The summed E-state index contributed by atoms with van der Waals surface area (Å²) in [7, 11) is 0. The lowest BCUT2D eigenvalue weighted by Gasteiger charge is -2.32. The maximum absolute atomic E-state index is 13.3. The van der Waals surface area contributed by atoms with E-state index in [1.165, 1.54) is 16.2 Å². The van der Waals surface area contributed by atoms with Crippen LogP contribution in [0.3, 0.4) is 0 Å². The number of hydrogen-bond acceptors (Lipinski definition) is 6. The Labute approximate surface area is 173 Å². The molecule has 1 aromatic heterocycles. The largest absolute Gasteiger partial charge is 0.465 e. The number of likely N-dealkylation sites (tertiary alicyclic amines) is 1. The van der Waals surface area contributed by atoms with Gasteiger partial charge in [0.15, 0.2) is 0 Å². The average molecular weight is 413 g/mol. The van der Waals surface area contributed by atoms with Crippen LogP contribution < -0.4 is 5.32 Å². The summed E-state index contributed by atoms with van der Waals surface area (Å²) in [5.74, 6) is -2.39. The molecule has 0 bridgehead atoms. The third-order valence-corrected chi connectivity index (χ3v) is 6.83. The van der Waals surface area contributed by atoms with E-state index < -0.39 is 29.4 Å². The Bertz CT molecular complexity index is 914. The zero-order chi connectivity index (χ0) is 20.6. The Morgan fingerprint density at radius 1 is 1.14 bits per heavy atom. The number of nitrogens with zero attached hydrogens (tertiary/aromatic N) is 1. The number of amides is 2. The monoisotopic (exact) mass is 412 g/mol. The molecule has 4 atom stereocenters. The van der Waals surface area contributed by atoms with E-state index in [1.54, 1.807) is 13.8 Å². The first-order valence-corrected chi connectivity index (χ1v) is 10.8. The molecule has 6 nitrogen and oxygen atoms in total. The summed E-state index contributed by atoms with van der Waals surface area (Å²) in [6, 6.07) is 13.0. The normalized spacial score (nSPS) is 28.6. The molecular weight excluding hydrogens is 388 g/mol. The first-order chi connectivity index (χ1) is 14.0. The number of nitrogens with one attached hydrogen (secondary N) is 1. The molecule has 0 aliphatic carbocycles. The molecule has 0 unspecified atom stereocenters. The molecule has 152 valence electrons. The van der Waals surface area contributed by atoms with Crippen molar-refractivity contribution in [1.82, 2.24) is 10.2 Å². The van der Waals surface area contributed by atoms with Gasteiger partial charge in [0.25, 0.3) is 0 Å². The van der Waals surface area contributed by atoms with E-state index in [9.17, 15) is 14.4 Å². The van der Waals surface area contributed by atoms with E-state index in [1.807, 2.05) is 47.8 Å². The number of carbonyl (C=O) groups excluding carboxylic acids is 3. The highest BCUT2D eigenvalue weighted by Crippen LogP contribution is 2.51. The van der Waals surface area contributed by atoms with Crippen molar-refractivity contribution in [2.24, 2.45) is 11.8 Å². The minimum Gasteiger partial charge on any atom is -0.465 e. The van der Waals surface area contributed by atoms with E-state index in [0.29, 0.717) is 6.54 Å². The first kappa shape index (κ1) is 19.8. The second kappa shape index (κ2) is 7.72. The van der Waals surface area contributed by atoms with Crippen LogP contribution in [-0.4, -0.2) is 41.4 Å². The number of ether oxygens (including phenoxy) is 1. The Balaban J connectivity index is 1.85. The molecule has 2 aromatic rings. The predicted molar refractivity (Wildman–Crippen MR) is 109 cm³/mol. The third-order valence-electron chi connectivity index (χ3n) is 5.88. The number of thiophene rings is 1. The predicted octanol–water partition coefficient (Wildman–Crippen LogP) is 2.56. The lowest BCUT2D eigenvalue weighted by molar-refractivity contribution is -0.156. The zero-order valence-electron chi connectivity index (χ0n) is 16.5. The molecule has 2 aliphatic rings. The summed E-state index contributed by atoms with van der Waals surface area (Å²) in [4.78, 5) is 42.0. The van der Waals surface area contributed by atoms with Gasteiger partial charge in [-0.2, -0.15) is 0 Å². The molecule has 3 heterocycles. The highest BCUT2D eigenvalue weighted by atomic mass is 32.1. The number of benzene rings is 1. The van der Waals surface area contributed by atoms with Crippen LogP contribution in [0.4, 0.5) is 0 Å². The fourth-order valence-electron chi connectivity index (χ4n) is 4.69. The molecule has 2 amide bonds. The SMILES string of the molecule is CCOC(=O)[C@]1(Cc2ccccc2)N[C@H](c2cccs2)[C@@H]2C(=O)N(CC)C(=O)[C@H]21. The van der Waals surface area contributed by atoms with Crippen LogP contribution in [0, 0.1) is 11.8 Å². The summed E-state index contributed by atoms with van der Waals surface area (Å²) in [5.41, 5.74) is -0.373. The molecule has 1 aromatic carbocycles. The van der Waals surface area contributed by atoms with Crippen LogP contribution in [0.1, 0.15) is 30.3 Å². The molecular formula is C22H24N2O4S. The van der Waals surface area contributed by atoms with Gasteiger partial charge >= 0.3 is 5.97 Å². The topological polar surface area (TPSA) is 75.7 Å². The summed E-state index contributed by atoms with van der Waals surface area (Å²) >= 11 is 1.52. The molecule has 4 rings (SSSR count). The van der Waals surface area contributed by atoms with Crippen molar-refractivity contribution < 1.29 is 19.1 Å². The molecule has 29 heavy (non-hydrogen) atoms. The van der Waals surface area contributed by atoms with E-state index in [-0.39, 0.29) is 24.8 Å². The minimum absolute atomic E-state index is 0.206. The van der Waals surface area contributed by atoms with Gasteiger partial charge < -0.3 is 4.74 Å². The van der Waals surface area contributed by atoms with Crippen molar-refractivity contribution in [1.29, 1.82) is 0 Å². The van der Waals surface area contributed by atoms with Gasteiger partial charge in [0.05, 0.1) is 24.5 Å². The molecule has 2 saturated heterocycles. The van der Waals surface area contributed by atoms with E-state index in [4.69, 9.17) is 4.74 Å². The van der Waals surface area contributed by atoms with Gasteiger partial charge in [0, 0.05) is 17.8 Å². The quantitative estimate of drug-likeness (QED) is 0.583. The number of esters is 1. The molecule has 1 N–H and O–H groups in total. The fourth-order valence-corrected chi connectivity index (χ4v) is 5.51. The van der Waals surface area contributed by atoms with Gasteiger partial charge in [0.2, 0.25) is 11.8 Å². The minimum atomic E-state index is -1.28. The van der Waals surface area contributed by atoms with Crippen LogP contribution in [0.5, 0.6) is 0 Å². The first-order valence-electron chi connectivity index (χ1n) is 9.91. The van der Waals surface area contributed by atoms with Crippen LogP contribution >= 0.6 is 11.3 Å². The summed E-state index contributed by atoms with van der Waals surface area (Å²) in [6.45, 7) is 4.04. The fraction of sp³-hybridized carbons (Fsp3) is 0.409. The van der Waals surface area contributed by atoms with Crippen molar-refractivity contribution in [3.05, 3.63) is 58.3 Å². The summed E-state index contributed by atoms with van der Waals surface area (Å²) in [6.07, 6.45) is 0.284. The highest BCUT2D eigenvalue weighted by molar-refractivity contribution is 7.10.